The summed E-state index contributed by atoms with van der Waals surface area (Å²) in [6, 6.07) is 0. The van der Waals surface area contributed by atoms with Gasteiger partial charge in [0.25, 0.3) is 0 Å². The molecule has 0 aliphatic rings. The number of quaternary nitrogens is 1. The fourth-order valence-electron chi connectivity index (χ4n) is 11.2. The third-order valence-electron chi connectivity index (χ3n) is 16.9. The second-order valence-electron chi connectivity index (χ2n) is 26.9. The lowest BCUT2D eigenvalue weighted by Gasteiger charge is -2.26. The normalized spacial score (nSPS) is 13.0. The van der Waals surface area contributed by atoms with Gasteiger partial charge in [-0.05, 0) is 83.5 Å². The van der Waals surface area contributed by atoms with E-state index in [1.165, 1.54) is 263 Å². The number of nitrogens with zero attached hydrogens (tertiary/aromatic N) is 1. The molecule has 0 spiro atoms. The summed E-state index contributed by atoms with van der Waals surface area (Å²) in [5, 5.41) is 11.8. The van der Waals surface area contributed by atoms with Crippen LogP contribution in [0.2, 0.25) is 0 Å². The molecule has 0 aromatic rings. The van der Waals surface area contributed by atoms with Crippen LogP contribution in [0.1, 0.15) is 361 Å². The van der Waals surface area contributed by atoms with E-state index in [2.05, 4.69) is 86.8 Å². The van der Waals surface area contributed by atoms with Gasteiger partial charge >= 0.3 is 11.9 Å². The van der Waals surface area contributed by atoms with Gasteiger partial charge in [0.05, 0.1) is 40.3 Å². The second kappa shape index (κ2) is 70.6. The quantitative estimate of drug-likeness (QED) is 0.0195. The van der Waals surface area contributed by atoms with E-state index in [0.29, 0.717) is 23.9 Å². The lowest BCUT2D eigenvalue weighted by atomic mass is 10.0. The molecule has 0 saturated heterocycles. The molecule has 0 rings (SSSR count). The van der Waals surface area contributed by atoms with Gasteiger partial charge in [-0.1, -0.05) is 337 Å². The Hall–Kier alpha value is -3.27. The molecular weight excluding hydrogens is 1100 g/mol. The van der Waals surface area contributed by atoms with Crippen molar-refractivity contribution in [2.24, 2.45) is 0 Å². The van der Waals surface area contributed by atoms with Crippen molar-refractivity contribution in [1.29, 1.82) is 0 Å². The van der Waals surface area contributed by atoms with Crippen LogP contribution in [0.15, 0.2) is 72.9 Å². The minimum atomic E-state index is -1.62. The minimum Gasteiger partial charge on any atom is -0.545 e. The summed E-state index contributed by atoms with van der Waals surface area (Å²) < 4.78 is 22.8. The zero-order valence-corrected chi connectivity index (χ0v) is 59.3. The molecule has 0 N–H and O–H groups in total. The lowest BCUT2D eigenvalue weighted by molar-refractivity contribution is -0.870. The standard InChI is InChI=1S/C80H145NO8/c1-6-8-10-12-14-16-18-20-22-24-26-28-30-31-32-33-34-35-36-37-38-39-40-41-42-43-44-45-46-47-49-51-53-55-57-59-61-63-65-67-69-71-78(83)89-76(75-88-80(79(84)85)86-73-72-81(3,4)5)74-87-77(82)70-68-66-64-62-60-58-56-54-52-50-48-29-27-25-23-21-19-17-15-13-11-9-7-2/h8,10,14,16,20,22,25-28,31-32,76,80H,6-7,9,11-13,15,17-19,21,23-24,29-30,33-75H2,1-5H3/b10-8-,16-14-,22-20-,27-25-,28-26-,32-31-. The van der Waals surface area contributed by atoms with Crippen LogP contribution in [0.5, 0.6) is 0 Å². The van der Waals surface area contributed by atoms with E-state index < -0.39 is 24.3 Å². The lowest BCUT2D eigenvalue weighted by Crippen LogP contribution is -2.44. The minimum absolute atomic E-state index is 0.149. The number of carboxylic acids is 1. The van der Waals surface area contributed by atoms with E-state index in [1.54, 1.807) is 0 Å². The molecule has 89 heavy (non-hydrogen) atoms. The molecule has 0 aliphatic carbocycles. The Balaban J connectivity index is 3.96. The predicted octanol–water partition coefficient (Wildman–Crippen LogP) is 22.7. The van der Waals surface area contributed by atoms with E-state index in [-0.39, 0.29) is 32.2 Å². The summed E-state index contributed by atoms with van der Waals surface area (Å²) in [6.07, 6.45) is 91.6. The van der Waals surface area contributed by atoms with Gasteiger partial charge in [0.15, 0.2) is 12.4 Å². The molecule has 0 aromatic carbocycles. The van der Waals surface area contributed by atoms with Crippen LogP contribution in [-0.4, -0.2) is 82.3 Å². The van der Waals surface area contributed by atoms with Gasteiger partial charge in [-0.25, -0.2) is 0 Å². The van der Waals surface area contributed by atoms with Crippen LogP contribution in [-0.2, 0) is 33.3 Å². The maximum Gasteiger partial charge on any atom is 0.306 e. The number of esters is 2. The first-order chi connectivity index (χ1) is 43.6. The maximum atomic E-state index is 13.0. The monoisotopic (exact) mass is 1250 g/mol. The van der Waals surface area contributed by atoms with Crippen molar-refractivity contribution >= 4 is 17.9 Å². The molecular formula is C80H145NO8. The van der Waals surface area contributed by atoms with Crippen molar-refractivity contribution in [3.05, 3.63) is 72.9 Å². The molecule has 0 saturated carbocycles. The number of carbonyl (C=O) groups is 3. The number of hydrogen-bond donors (Lipinski definition) is 0. The molecule has 2 atom stereocenters. The van der Waals surface area contributed by atoms with Crippen molar-refractivity contribution in [3.8, 4) is 0 Å². The van der Waals surface area contributed by atoms with Crippen LogP contribution in [0.25, 0.3) is 0 Å². The number of aliphatic carboxylic acids is 1. The molecule has 0 aromatic heterocycles. The van der Waals surface area contributed by atoms with Gasteiger partial charge in [-0.3, -0.25) is 9.59 Å². The number of allylic oxidation sites excluding steroid dienone is 12. The average Bonchev–Trinajstić information content (AvgIpc) is 3.64. The highest BCUT2D eigenvalue weighted by atomic mass is 16.7. The molecule has 0 amide bonds. The van der Waals surface area contributed by atoms with Gasteiger partial charge < -0.3 is 33.3 Å². The molecule has 518 valence electrons. The summed E-state index contributed by atoms with van der Waals surface area (Å²) in [5.41, 5.74) is 0. The number of likely N-dealkylation sites (N-methyl/N-ethyl adjacent to an activating group) is 1. The molecule has 9 nitrogen and oxygen atoms in total. The summed E-state index contributed by atoms with van der Waals surface area (Å²) in [4.78, 5) is 37.5. The van der Waals surface area contributed by atoms with Crippen LogP contribution in [0.4, 0.5) is 0 Å². The summed E-state index contributed by atoms with van der Waals surface area (Å²) in [6.45, 7) is 4.69. The SMILES string of the molecule is CC/C=C\C/C=C\C/C=C\C/C=C\C/C=C\CCCCCCCCCCCCCCCCCCCCCCCCCCCC(=O)OC(COC(=O)CCCCCCCCCCCCC/C=C\CCCCCCCCCC)COC(OCC[N+](C)(C)C)C(=O)[O-]. The Morgan fingerprint density at radius 2 is 0.640 bits per heavy atom. The van der Waals surface area contributed by atoms with E-state index in [1.807, 2.05) is 21.1 Å². The van der Waals surface area contributed by atoms with Crippen molar-refractivity contribution in [1.82, 2.24) is 0 Å². The molecule has 0 aliphatic heterocycles. The molecule has 2 unspecified atom stereocenters. The highest BCUT2D eigenvalue weighted by Gasteiger charge is 2.22. The van der Waals surface area contributed by atoms with Gasteiger partial charge in [-0.15, -0.1) is 0 Å². The molecule has 0 fully saturated rings. The van der Waals surface area contributed by atoms with Crippen molar-refractivity contribution < 1.29 is 42.9 Å². The fraction of sp³-hybridized carbons (Fsp3) is 0.812. The summed E-state index contributed by atoms with van der Waals surface area (Å²) in [5.74, 6) is -2.26. The summed E-state index contributed by atoms with van der Waals surface area (Å²) >= 11 is 0. The van der Waals surface area contributed by atoms with Crippen LogP contribution < -0.4 is 5.11 Å². The van der Waals surface area contributed by atoms with E-state index in [0.717, 1.165) is 64.2 Å². The van der Waals surface area contributed by atoms with Gasteiger partial charge in [0, 0.05) is 12.8 Å². The highest BCUT2D eigenvalue weighted by molar-refractivity contribution is 5.70. The largest absolute Gasteiger partial charge is 0.545 e. The number of carboxylic acid groups (broad SMARTS) is 1. The Kier molecular flexibility index (Phi) is 68.0. The third-order valence-corrected chi connectivity index (χ3v) is 16.9. The van der Waals surface area contributed by atoms with Gasteiger partial charge in [0.1, 0.15) is 13.2 Å². The van der Waals surface area contributed by atoms with Crippen molar-refractivity contribution in [2.45, 2.75) is 373 Å². The van der Waals surface area contributed by atoms with Gasteiger partial charge in [-0.2, -0.15) is 0 Å². The Morgan fingerprint density at radius 1 is 0.348 bits per heavy atom. The average molecular weight is 1250 g/mol. The number of unbranched alkanes of at least 4 members (excludes halogenated alkanes) is 44. The first kappa shape index (κ1) is 85.7. The van der Waals surface area contributed by atoms with E-state index >= 15 is 0 Å². The van der Waals surface area contributed by atoms with Crippen LogP contribution in [0, 0.1) is 0 Å². The van der Waals surface area contributed by atoms with Crippen molar-refractivity contribution in [2.75, 3.05) is 47.5 Å². The van der Waals surface area contributed by atoms with Crippen LogP contribution in [0.3, 0.4) is 0 Å². The number of ether oxygens (including phenoxy) is 4. The zero-order chi connectivity index (χ0) is 64.7. The highest BCUT2D eigenvalue weighted by Crippen LogP contribution is 2.19. The maximum absolute atomic E-state index is 13.0. The predicted molar refractivity (Wildman–Crippen MR) is 380 cm³/mol. The van der Waals surface area contributed by atoms with Crippen molar-refractivity contribution in [3.63, 3.8) is 0 Å². The smallest absolute Gasteiger partial charge is 0.306 e. The fourth-order valence-corrected chi connectivity index (χ4v) is 11.2. The Morgan fingerprint density at radius 3 is 0.966 bits per heavy atom. The molecule has 0 bridgehead atoms. The first-order valence-corrected chi connectivity index (χ1v) is 38.1. The van der Waals surface area contributed by atoms with E-state index in [4.69, 9.17) is 18.9 Å². The van der Waals surface area contributed by atoms with Crippen LogP contribution >= 0.6 is 0 Å². The topological polar surface area (TPSA) is 111 Å². The molecule has 0 heterocycles. The number of rotatable bonds is 71. The second-order valence-corrected chi connectivity index (χ2v) is 26.9. The first-order valence-electron chi connectivity index (χ1n) is 38.1. The van der Waals surface area contributed by atoms with E-state index in [9.17, 15) is 19.5 Å². The molecule has 0 radical (unpaired) electrons. The Bertz CT molecular complexity index is 1690. The Labute approximate surface area is 551 Å². The summed E-state index contributed by atoms with van der Waals surface area (Å²) in [7, 11) is 5.94. The number of hydrogen-bond acceptors (Lipinski definition) is 8. The number of carbonyl (C=O) groups excluding carboxylic acids is 3. The third kappa shape index (κ3) is 72.0. The molecule has 9 heteroatoms. The zero-order valence-electron chi connectivity index (χ0n) is 59.3. The van der Waals surface area contributed by atoms with Gasteiger partial charge in [0.2, 0.25) is 0 Å².